The molecule has 0 aromatic carbocycles. The van der Waals surface area contributed by atoms with Crippen molar-refractivity contribution in [3.63, 3.8) is 0 Å². The van der Waals surface area contributed by atoms with Crippen LogP contribution < -0.4 is 5.32 Å². The molecule has 1 saturated heterocycles. The number of nitrogens with one attached hydrogen (secondary N) is 1. The molecule has 1 aromatic heterocycles. The van der Waals surface area contributed by atoms with Gasteiger partial charge in [-0.1, -0.05) is 13.8 Å². The highest BCUT2D eigenvalue weighted by molar-refractivity contribution is 5.92. The molecule has 1 amide bonds. The summed E-state index contributed by atoms with van der Waals surface area (Å²) in [6, 6.07) is 1.75. The summed E-state index contributed by atoms with van der Waals surface area (Å²) in [5.74, 6) is -0.209. The molecule has 6 heteroatoms. The van der Waals surface area contributed by atoms with Crippen LogP contribution in [0, 0.1) is 0 Å². The average Bonchev–Trinajstić information content (AvgIpc) is 2.90. The van der Waals surface area contributed by atoms with Crippen molar-refractivity contribution in [1.29, 1.82) is 0 Å². The summed E-state index contributed by atoms with van der Waals surface area (Å²) in [7, 11) is 0. The maximum atomic E-state index is 12.5. The van der Waals surface area contributed by atoms with Gasteiger partial charge in [0.25, 0.3) is 5.91 Å². The van der Waals surface area contributed by atoms with Crippen LogP contribution in [0.3, 0.4) is 0 Å². The van der Waals surface area contributed by atoms with E-state index in [1.165, 1.54) is 0 Å². The van der Waals surface area contributed by atoms with Crippen molar-refractivity contribution in [2.75, 3.05) is 13.2 Å². The number of rotatable bonds is 6. The molecule has 1 fully saturated rings. The zero-order chi connectivity index (χ0) is 16.2. The lowest BCUT2D eigenvalue weighted by molar-refractivity contribution is -0.139. The summed E-state index contributed by atoms with van der Waals surface area (Å²) in [4.78, 5) is 23.6. The third kappa shape index (κ3) is 3.68. The predicted molar refractivity (Wildman–Crippen MR) is 80.0 cm³/mol. The number of aliphatic carboxylic acids is 1. The van der Waals surface area contributed by atoms with Gasteiger partial charge >= 0.3 is 5.97 Å². The van der Waals surface area contributed by atoms with E-state index in [9.17, 15) is 9.59 Å². The van der Waals surface area contributed by atoms with Gasteiger partial charge in [-0.05, 0) is 30.9 Å². The van der Waals surface area contributed by atoms with Gasteiger partial charge in [0.15, 0.2) is 5.76 Å². The maximum absolute atomic E-state index is 12.5. The van der Waals surface area contributed by atoms with Crippen LogP contribution in [0.5, 0.6) is 0 Å². The quantitative estimate of drug-likeness (QED) is 0.840. The fourth-order valence-corrected chi connectivity index (χ4v) is 2.88. The van der Waals surface area contributed by atoms with Gasteiger partial charge in [-0.3, -0.25) is 9.59 Å². The van der Waals surface area contributed by atoms with Crippen LogP contribution in [0.25, 0.3) is 0 Å². The number of amides is 1. The van der Waals surface area contributed by atoms with Crippen molar-refractivity contribution in [3.8, 4) is 0 Å². The number of carbonyl (C=O) groups excluding carboxylic acids is 1. The number of carbonyl (C=O) groups is 2. The molecule has 122 valence electrons. The molecule has 0 atom stereocenters. The van der Waals surface area contributed by atoms with E-state index >= 15 is 0 Å². The number of aryl methyl sites for hydroxylation is 2. The molecule has 0 unspecified atom stereocenters. The molecule has 0 radical (unpaired) electrons. The van der Waals surface area contributed by atoms with Crippen LogP contribution in [0.2, 0.25) is 0 Å². The molecular formula is C16H23NO5. The second-order valence-electron chi connectivity index (χ2n) is 5.68. The summed E-state index contributed by atoms with van der Waals surface area (Å²) in [5, 5.41) is 12.0. The monoisotopic (exact) mass is 309 g/mol. The van der Waals surface area contributed by atoms with Crippen LogP contribution in [0.1, 0.15) is 55.0 Å². The van der Waals surface area contributed by atoms with E-state index in [1.807, 2.05) is 13.8 Å². The zero-order valence-corrected chi connectivity index (χ0v) is 13.1. The Bertz CT molecular complexity index is 521. The first-order valence-corrected chi connectivity index (χ1v) is 7.73. The molecular weight excluding hydrogens is 286 g/mol. The van der Waals surface area contributed by atoms with Crippen molar-refractivity contribution in [2.45, 2.75) is 51.5 Å². The topological polar surface area (TPSA) is 88.8 Å². The van der Waals surface area contributed by atoms with Crippen molar-refractivity contribution in [1.82, 2.24) is 5.32 Å². The Morgan fingerprint density at radius 3 is 2.45 bits per heavy atom. The number of carboxylic acids is 1. The Hall–Kier alpha value is -1.82. The molecule has 0 aliphatic carbocycles. The van der Waals surface area contributed by atoms with Gasteiger partial charge in [0.2, 0.25) is 0 Å². The molecule has 1 aliphatic heterocycles. The van der Waals surface area contributed by atoms with Crippen molar-refractivity contribution in [3.05, 3.63) is 23.2 Å². The third-order valence-corrected chi connectivity index (χ3v) is 4.14. The van der Waals surface area contributed by atoms with Gasteiger partial charge < -0.3 is 19.6 Å². The van der Waals surface area contributed by atoms with Gasteiger partial charge in [0.05, 0.1) is 12.0 Å². The first-order chi connectivity index (χ1) is 10.5. The Labute approximate surface area is 129 Å². The molecule has 2 N–H and O–H groups in total. The van der Waals surface area contributed by atoms with Crippen LogP contribution in [0.15, 0.2) is 10.5 Å². The van der Waals surface area contributed by atoms with Gasteiger partial charge in [-0.15, -0.1) is 0 Å². The van der Waals surface area contributed by atoms with Crippen molar-refractivity contribution in [2.24, 2.45) is 0 Å². The van der Waals surface area contributed by atoms with Gasteiger partial charge in [-0.25, -0.2) is 0 Å². The Morgan fingerprint density at radius 2 is 1.95 bits per heavy atom. The zero-order valence-electron chi connectivity index (χ0n) is 13.1. The first-order valence-electron chi connectivity index (χ1n) is 7.73. The lowest BCUT2D eigenvalue weighted by Gasteiger charge is -2.36. The molecule has 6 nitrogen and oxygen atoms in total. The normalized spacial score (nSPS) is 17.2. The second-order valence-corrected chi connectivity index (χ2v) is 5.68. The van der Waals surface area contributed by atoms with E-state index in [0.29, 0.717) is 26.1 Å². The molecule has 2 rings (SSSR count). The Kier molecular flexibility index (Phi) is 5.24. The molecule has 0 bridgehead atoms. The van der Waals surface area contributed by atoms with E-state index in [-0.39, 0.29) is 18.1 Å². The van der Waals surface area contributed by atoms with Crippen LogP contribution in [0.4, 0.5) is 0 Å². The molecule has 22 heavy (non-hydrogen) atoms. The standard InChI is InChI=1S/C16H23NO5/c1-3-11-9-13(22-12(11)4-2)15(20)17-16(10-14(18)19)5-7-21-8-6-16/h9H,3-8,10H2,1-2H3,(H,17,20)(H,18,19). The molecule has 1 aromatic rings. The lowest BCUT2D eigenvalue weighted by Crippen LogP contribution is -2.53. The largest absolute Gasteiger partial charge is 0.481 e. The van der Waals surface area contributed by atoms with Crippen LogP contribution in [-0.2, 0) is 22.4 Å². The maximum Gasteiger partial charge on any atom is 0.305 e. The number of hydrogen-bond acceptors (Lipinski definition) is 4. The highest BCUT2D eigenvalue weighted by atomic mass is 16.5. The SMILES string of the molecule is CCc1cc(C(=O)NC2(CC(=O)O)CCOCC2)oc1CC. The van der Waals surface area contributed by atoms with Gasteiger partial charge in [-0.2, -0.15) is 0 Å². The first kappa shape index (κ1) is 16.5. The van der Waals surface area contributed by atoms with E-state index in [4.69, 9.17) is 14.3 Å². The minimum absolute atomic E-state index is 0.107. The van der Waals surface area contributed by atoms with Gasteiger partial charge in [0, 0.05) is 19.6 Å². The smallest absolute Gasteiger partial charge is 0.305 e. The van der Waals surface area contributed by atoms with Crippen molar-refractivity contribution < 1.29 is 23.8 Å². The number of carboxylic acid groups (broad SMARTS) is 1. The lowest BCUT2D eigenvalue weighted by atomic mass is 9.86. The minimum atomic E-state index is -0.926. The fraction of sp³-hybridized carbons (Fsp3) is 0.625. The van der Waals surface area contributed by atoms with Crippen LogP contribution >= 0.6 is 0 Å². The van der Waals surface area contributed by atoms with E-state index in [0.717, 1.165) is 24.2 Å². The fourth-order valence-electron chi connectivity index (χ4n) is 2.88. The summed E-state index contributed by atoms with van der Waals surface area (Å²) in [5.41, 5.74) is 0.263. The second kappa shape index (κ2) is 6.96. The van der Waals surface area contributed by atoms with Crippen molar-refractivity contribution >= 4 is 11.9 Å². The average molecular weight is 309 g/mol. The number of hydrogen-bond donors (Lipinski definition) is 2. The highest BCUT2D eigenvalue weighted by Gasteiger charge is 2.37. The third-order valence-electron chi connectivity index (χ3n) is 4.14. The van der Waals surface area contributed by atoms with E-state index < -0.39 is 11.5 Å². The van der Waals surface area contributed by atoms with Gasteiger partial charge in [0.1, 0.15) is 5.76 Å². The number of furan rings is 1. The summed E-state index contributed by atoms with van der Waals surface area (Å²) in [6.45, 7) is 4.89. The highest BCUT2D eigenvalue weighted by Crippen LogP contribution is 2.26. The summed E-state index contributed by atoms with van der Waals surface area (Å²) in [6.07, 6.45) is 2.41. The summed E-state index contributed by atoms with van der Waals surface area (Å²) >= 11 is 0. The molecule has 2 heterocycles. The predicted octanol–water partition coefficient (Wildman–Crippen LogP) is 2.16. The number of ether oxygens (including phenoxy) is 1. The molecule has 1 aliphatic rings. The van der Waals surface area contributed by atoms with E-state index in [2.05, 4.69) is 5.32 Å². The molecule has 0 saturated carbocycles. The Balaban J connectivity index is 2.17. The summed E-state index contributed by atoms with van der Waals surface area (Å²) < 4.78 is 10.9. The van der Waals surface area contributed by atoms with E-state index in [1.54, 1.807) is 6.07 Å². The molecule has 0 spiro atoms. The van der Waals surface area contributed by atoms with Crippen LogP contribution in [-0.4, -0.2) is 35.7 Å². The Morgan fingerprint density at radius 1 is 1.27 bits per heavy atom. The minimum Gasteiger partial charge on any atom is -0.481 e.